The molecule has 9 heteroatoms. The molecule has 2 amide bonds. The van der Waals surface area contributed by atoms with Crippen LogP contribution in [0.3, 0.4) is 0 Å². The van der Waals surface area contributed by atoms with Crippen molar-refractivity contribution in [2.75, 3.05) is 19.7 Å². The lowest BCUT2D eigenvalue weighted by molar-refractivity contribution is -0.133. The number of hydrogen-bond donors (Lipinski definition) is 0. The van der Waals surface area contributed by atoms with Crippen molar-refractivity contribution in [3.05, 3.63) is 104 Å². The molecule has 0 spiro atoms. The van der Waals surface area contributed by atoms with E-state index in [2.05, 4.69) is 0 Å². The molecule has 2 aromatic heterocycles. The number of halogens is 1. The van der Waals surface area contributed by atoms with Crippen LogP contribution in [0, 0.1) is 5.82 Å². The third-order valence-corrected chi connectivity index (χ3v) is 7.40. The SMILES string of the molecule is O=C(CN(CC1CCCO1)C(=O)c1cccs1)N(Cc1ccc(F)cc1)Cc1coc2ccccc2c1=O. The highest BCUT2D eigenvalue weighted by Crippen LogP contribution is 2.19. The molecule has 1 unspecified atom stereocenters. The van der Waals surface area contributed by atoms with E-state index in [4.69, 9.17) is 9.15 Å². The summed E-state index contributed by atoms with van der Waals surface area (Å²) >= 11 is 1.32. The van der Waals surface area contributed by atoms with Gasteiger partial charge in [-0.15, -0.1) is 11.3 Å². The molecule has 1 aliphatic heterocycles. The molecule has 7 nitrogen and oxygen atoms in total. The van der Waals surface area contributed by atoms with E-state index in [-0.39, 0.29) is 48.8 Å². The summed E-state index contributed by atoms with van der Waals surface area (Å²) in [6, 6.07) is 16.3. The fourth-order valence-electron chi connectivity index (χ4n) is 4.55. The smallest absolute Gasteiger partial charge is 0.264 e. The molecule has 38 heavy (non-hydrogen) atoms. The molecule has 1 aliphatic rings. The Morgan fingerprint density at radius 3 is 2.55 bits per heavy atom. The Bertz CT molecular complexity index is 1460. The van der Waals surface area contributed by atoms with E-state index < -0.39 is 0 Å². The van der Waals surface area contributed by atoms with E-state index in [1.807, 2.05) is 5.38 Å². The van der Waals surface area contributed by atoms with Crippen molar-refractivity contribution in [3.8, 4) is 0 Å². The summed E-state index contributed by atoms with van der Waals surface area (Å²) in [6.07, 6.45) is 2.97. The maximum atomic E-state index is 13.7. The van der Waals surface area contributed by atoms with Gasteiger partial charge in [-0.3, -0.25) is 14.4 Å². The summed E-state index contributed by atoms with van der Waals surface area (Å²) in [5.74, 6) is -0.966. The minimum absolute atomic E-state index is 0.0235. The normalized spacial score (nSPS) is 15.0. The first-order valence-electron chi connectivity index (χ1n) is 12.4. The lowest BCUT2D eigenvalue weighted by Gasteiger charge is -2.29. The maximum Gasteiger partial charge on any atom is 0.264 e. The second-order valence-corrected chi connectivity index (χ2v) is 10.2. The van der Waals surface area contributed by atoms with Gasteiger partial charge in [-0.2, -0.15) is 0 Å². The van der Waals surface area contributed by atoms with Crippen molar-refractivity contribution in [3.63, 3.8) is 0 Å². The van der Waals surface area contributed by atoms with Gasteiger partial charge in [0.25, 0.3) is 5.91 Å². The Hall–Kier alpha value is -3.82. The molecule has 4 aromatic rings. The number of ether oxygens (including phenoxy) is 1. The number of benzene rings is 2. The number of rotatable bonds is 9. The first-order valence-corrected chi connectivity index (χ1v) is 13.3. The number of carbonyl (C=O) groups excluding carboxylic acids is 2. The molecule has 196 valence electrons. The van der Waals surface area contributed by atoms with E-state index in [1.165, 1.54) is 39.5 Å². The first kappa shape index (κ1) is 25.8. The molecule has 1 fully saturated rings. The Labute approximate surface area is 223 Å². The van der Waals surface area contributed by atoms with Crippen molar-refractivity contribution in [2.24, 2.45) is 0 Å². The van der Waals surface area contributed by atoms with Gasteiger partial charge in [0.2, 0.25) is 5.91 Å². The molecule has 0 bridgehead atoms. The number of fused-ring (bicyclic) bond motifs is 1. The highest BCUT2D eigenvalue weighted by molar-refractivity contribution is 7.12. The van der Waals surface area contributed by atoms with Gasteiger partial charge in [0.1, 0.15) is 17.9 Å². The van der Waals surface area contributed by atoms with Crippen LogP contribution in [0.15, 0.2) is 81.5 Å². The van der Waals surface area contributed by atoms with Crippen LogP contribution in [-0.4, -0.2) is 47.4 Å². The van der Waals surface area contributed by atoms with Gasteiger partial charge in [0.15, 0.2) is 5.43 Å². The number of hydrogen-bond acceptors (Lipinski definition) is 6. The number of nitrogens with zero attached hydrogens (tertiary/aromatic N) is 2. The maximum absolute atomic E-state index is 13.7. The van der Waals surface area contributed by atoms with Crippen LogP contribution >= 0.6 is 11.3 Å². The predicted molar refractivity (Wildman–Crippen MR) is 142 cm³/mol. The highest BCUT2D eigenvalue weighted by Gasteiger charge is 2.28. The number of thiophene rings is 1. The van der Waals surface area contributed by atoms with Crippen molar-refractivity contribution < 1.29 is 23.1 Å². The quantitative estimate of drug-likeness (QED) is 0.307. The molecular weight excluding hydrogens is 507 g/mol. The summed E-state index contributed by atoms with van der Waals surface area (Å²) in [5, 5.41) is 2.24. The third-order valence-electron chi connectivity index (χ3n) is 6.55. The Balaban J connectivity index is 1.42. The monoisotopic (exact) mass is 534 g/mol. The average Bonchev–Trinajstić information content (AvgIpc) is 3.65. The van der Waals surface area contributed by atoms with Gasteiger partial charge in [-0.1, -0.05) is 30.3 Å². The summed E-state index contributed by atoms with van der Waals surface area (Å²) in [4.78, 5) is 43.8. The molecule has 1 saturated heterocycles. The molecule has 0 saturated carbocycles. The Morgan fingerprint density at radius 2 is 1.82 bits per heavy atom. The van der Waals surface area contributed by atoms with Crippen LogP contribution < -0.4 is 5.43 Å². The zero-order chi connectivity index (χ0) is 26.5. The van der Waals surface area contributed by atoms with Gasteiger partial charge < -0.3 is 19.0 Å². The summed E-state index contributed by atoms with van der Waals surface area (Å²) < 4.78 is 24.9. The molecule has 0 aliphatic carbocycles. The zero-order valence-corrected chi connectivity index (χ0v) is 21.5. The van der Waals surface area contributed by atoms with Crippen LogP contribution in [0.25, 0.3) is 11.0 Å². The van der Waals surface area contributed by atoms with Crippen molar-refractivity contribution in [1.82, 2.24) is 9.80 Å². The lowest BCUT2D eigenvalue weighted by atomic mass is 10.1. The van der Waals surface area contributed by atoms with Crippen LogP contribution in [0.1, 0.15) is 33.6 Å². The third kappa shape index (κ3) is 6.00. The largest absolute Gasteiger partial charge is 0.464 e. The van der Waals surface area contributed by atoms with Crippen molar-refractivity contribution in [2.45, 2.75) is 32.0 Å². The standard InChI is InChI=1S/C29H27FN2O5S/c30-22-11-9-20(10-12-22)15-31(16-21-19-37-25-7-2-1-6-24(25)28(21)34)27(33)18-32(17-23-5-3-13-36-23)29(35)26-8-4-14-38-26/h1-2,4,6-12,14,19,23H,3,5,13,15-18H2. The molecular formula is C29H27FN2O5S. The molecule has 5 rings (SSSR count). The van der Waals surface area contributed by atoms with Crippen LogP contribution in [0.4, 0.5) is 4.39 Å². The van der Waals surface area contributed by atoms with Gasteiger partial charge in [0, 0.05) is 19.7 Å². The van der Waals surface area contributed by atoms with E-state index in [1.54, 1.807) is 48.5 Å². The highest BCUT2D eigenvalue weighted by atomic mass is 32.1. The minimum atomic E-state index is -0.383. The van der Waals surface area contributed by atoms with Crippen LogP contribution in [0.5, 0.6) is 0 Å². The number of para-hydroxylation sites is 1. The summed E-state index contributed by atoms with van der Waals surface area (Å²) in [5.41, 5.74) is 1.24. The molecule has 0 radical (unpaired) electrons. The first-order chi connectivity index (χ1) is 18.5. The van der Waals surface area contributed by atoms with E-state index in [9.17, 15) is 18.8 Å². The van der Waals surface area contributed by atoms with Gasteiger partial charge in [-0.25, -0.2) is 4.39 Å². The van der Waals surface area contributed by atoms with Gasteiger partial charge >= 0.3 is 0 Å². The molecule has 3 heterocycles. The Morgan fingerprint density at radius 1 is 1.00 bits per heavy atom. The van der Waals surface area contributed by atoms with Gasteiger partial charge in [-0.05, 0) is 54.1 Å². The minimum Gasteiger partial charge on any atom is -0.464 e. The van der Waals surface area contributed by atoms with E-state index >= 15 is 0 Å². The van der Waals surface area contributed by atoms with Crippen LogP contribution in [-0.2, 0) is 22.6 Å². The van der Waals surface area contributed by atoms with Crippen LogP contribution in [0.2, 0.25) is 0 Å². The van der Waals surface area contributed by atoms with Crippen molar-refractivity contribution >= 4 is 34.1 Å². The fraction of sp³-hybridized carbons (Fsp3) is 0.276. The fourth-order valence-corrected chi connectivity index (χ4v) is 5.24. The second kappa shape index (κ2) is 11.7. The number of amides is 2. The zero-order valence-electron chi connectivity index (χ0n) is 20.7. The summed E-state index contributed by atoms with van der Waals surface area (Å²) in [7, 11) is 0. The molecule has 0 N–H and O–H groups in total. The van der Waals surface area contributed by atoms with E-state index in [0.29, 0.717) is 40.1 Å². The summed E-state index contributed by atoms with van der Waals surface area (Å²) in [6.45, 7) is 0.854. The molecule has 2 aromatic carbocycles. The van der Waals surface area contributed by atoms with Gasteiger partial charge in [0.05, 0.1) is 34.7 Å². The second-order valence-electron chi connectivity index (χ2n) is 9.26. The predicted octanol–water partition coefficient (Wildman–Crippen LogP) is 4.84. The topological polar surface area (TPSA) is 80.1 Å². The lowest BCUT2D eigenvalue weighted by Crippen LogP contribution is -2.45. The molecule has 1 atom stereocenters. The average molecular weight is 535 g/mol. The van der Waals surface area contributed by atoms with E-state index in [0.717, 1.165) is 12.8 Å². The van der Waals surface area contributed by atoms with Crippen molar-refractivity contribution in [1.29, 1.82) is 0 Å². The number of carbonyl (C=O) groups is 2. The Kier molecular flexibility index (Phi) is 7.95.